The first-order chi connectivity index (χ1) is 13.2. The third kappa shape index (κ3) is 4.56. The summed E-state index contributed by atoms with van der Waals surface area (Å²) >= 11 is 0. The standard InChI is InChI=1S/C20H19FN4O2.ClH/c21-15-5-1-13(2-6-15)17-11-18(25-24-17)20(26)23-16-7-3-14(4-8-16)19-12-22-9-10-27-19;/h1-8,11,19,22H,9-10,12H2,(H,23,26)(H,24,25);1H. The van der Waals surface area contributed by atoms with Gasteiger partial charge < -0.3 is 15.4 Å². The van der Waals surface area contributed by atoms with Gasteiger partial charge in [-0.1, -0.05) is 12.1 Å². The molecule has 0 aliphatic carbocycles. The van der Waals surface area contributed by atoms with Crippen LogP contribution < -0.4 is 10.6 Å². The molecule has 1 aliphatic heterocycles. The Hall–Kier alpha value is -2.74. The van der Waals surface area contributed by atoms with Gasteiger partial charge in [0.2, 0.25) is 0 Å². The molecular formula is C20H20ClFN4O2. The number of nitrogens with zero attached hydrogens (tertiary/aromatic N) is 1. The highest BCUT2D eigenvalue weighted by atomic mass is 35.5. The number of nitrogens with one attached hydrogen (secondary N) is 3. The molecule has 1 aromatic heterocycles. The van der Waals surface area contributed by atoms with Gasteiger partial charge in [-0.05, 0) is 48.0 Å². The number of morpholine rings is 1. The lowest BCUT2D eigenvalue weighted by Gasteiger charge is -2.24. The quantitative estimate of drug-likeness (QED) is 0.623. The number of aromatic amines is 1. The van der Waals surface area contributed by atoms with Gasteiger partial charge in [-0.15, -0.1) is 12.4 Å². The SMILES string of the molecule is Cl.O=C(Nc1ccc(C2CNCCO2)cc1)c1cc(-c2ccc(F)cc2)n[nH]1. The number of aromatic nitrogens is 2. The summed E-state index contributed by atoms with van der Waals surface area (Å²) in [5, 5.41) is 13.0. The molecule has 1 aliphatic rings. The van der Waals surface area contributed by atoms with E-state index < -0.39 is 0 Å². The summed E-state index contributed by atoms with van der Waals surface area (Å²) in [6, 6.07) is 15.2. The molecule has 6 nitrogen and oxygen atoms in total. The molecule has 146 valence electrons. The van der Waals surface area contributed by atoms with Crippen molar-refractivity contribution in [3.8, 4) is 11.3 Å². The second-order valence-corrected chi connectivity index (χ2v) is 6.31. The van der Waals surface area contributed by atoms with Crippen molar-refractivity contribution in [2.24, 2.45) is 0 Å². The van der Waals surface area contributed by atoms with Gasteiger partial charge in [0.05, 0.1) is 18.4 Å². The highest BCUT2D eigenvalue weighted by Crippen LogP contribution is 2.22. The average Bonchev–Trinajstić information content (AvgIpc) is 3.20. The van der Waals surface area contributed by atoms with Crippen LogP contribution in [0.4, 0.5) is 10.1 Å². The van der Waals surface area contributed by atoms with E-state index in [4.69, 9.17) is 4.74 Å². The molecule has 1 fully saturated rings. The van der Waals surface area contributed by atoms with Crippen LogP contribution in [0.25, 0.3) is 11.3 Å². The number of anilines is 1. The van der Waals surface area contributed by atoms with Crippen LogP contribution in [0.3, 0.4) is 0 Å². The monoisotopic (exact) mass is 402 g/mol. The molecule has 0 bridgehead atoms. The maximum Gasteiger partial charge on any atom is 0.273 e. The highest BCUT2D eigenvalue weighted by molar-refractivity contribution is 6.03. The third-order valence-corrected chi connectivity index (χ3v) is 4.43. The maximum absolute atomic E-state index is 13.0. The number of amides is 1. The lowest BCUT2D eigenvalue weighted by atomic mass is 10.1. The van der Waals surface area contributed by atoms with Crippen molar-refractivity contribution in [1.82, 2.24) is 15.5 Å². The molecule has 8 heteroatoms. The van der Waals surface area contributed by atoms with Crippen molar-refractivity contribution < 1.29 is 13.9 Å². The molecule has 2 aromatic carbocycles. The molecular weight excluding hydrogens is 383 g/mol. The molecule has 3 N–H and O–H groups in total. The number of carbonyl (C=O) groups is 1. The fourth-order valence-electron chi connectivity index (χ4n) is 2.97. The second kappa shape index (κ2) is 8.97. The van der Waals surface area contributed by atoms with Crippen LogP contribution >= 0.6 is 12.4 Å². The fraction of sp³-hybridized carbons (Fsp3) is 0.200. The fourth-order valence-corrected chi connectivity index (χ4v) is 2.97. The Morgan fingerprint density at radius 2 is 1.89 bits per heavy atom. The zero-order chi connectivity index (χ0) is 18.6. The zero-order valence-corrected chi connectivity index (χ0v) is 15.8. The first kappa shape index (κ1) is 20.0. The van der Waals surface area contributed by atoms with Crippen LogP contribution in [0.15, 0.2) is 54.6 Å². The molecule has 0 saturated carbocycles. The Labute approximate surface area is 167 Å². The van der Waals surface area contributed by atoms with E-state index in [0.717, 1.165) is 24.2 Å². The number of rotatable bonds is 4. The van der Waals surface area contributed by atoms with E-state index >= 15 is 0 Å². The number of benzene rings is 2. The summed E-state index contributed by atoms with van der Waals surface area (Å²) in [7, 11) is 0. The Morgan fingerprint density at radius 1 is 1.14 bits per heavy atom. The van der Waals surface area contributed by atoms with Crippen molar-refractivity contribution in [3.05, 3.63) is 71.7 Å². The van der Waals surface area contributed by atoms with E-state index in [2.05, 4.69) is 20.8 Å². The average molecular weight is 403 g/mol. The molecule has 2 heterocycles. The van der Waals surface area contributed by atoms with E-state index in [1.54, 1.807) is 18.2 Å². The zero-order valence-electron chi connectivity index (χ0n) is 14.9. The van der Waals surface area contributed by atoms with E-state index in [1.807, 2.05) is 24.3 Å². The second-order valence-electron chi connectivity index (χ2n) is 6.31. The maximum atomic E-state index is 13.0. The summed E-state index contributed by atoms with van der Waals surface area (Å²) in [4.78, 5) is 12.4. The van der Waals surface area contributed by atoms with E-state index in [-0.39, 0.29) is 30.2 Å². The molecule has 3 aromatic rings. The van der Waals surface area contributed by atoms with Gasteiger partial charge in [0.15, 0.2) is 0 Å². The summed E-state index contributed by atoms with van der Waals surface area (Å²) < 4.78 is 18.7. The van der Waals surface area contributed by atoms with Crippen molar-refractivity contribution in [1.29, 1.82) is 0 Å². The molecule has 4 rings (SSSR count). The van der Waals surface area contributed by atoms with Crippen LogP contribution in [0.2, 0.25) is 0 Å². The van der Waals surface area contributed by atoms with Crippen LogP contribution in [-0.4, -0.2) is 35.8 Å². The van der Waals surface area contributed by atoms with E-state index in [0.29, 0.717) is 23.7 Å². The first-order valence-corrected chi connectivity index (χ1v) is 8.74. The van der Waals surface area contributed by atoms with E-state index in [9.17, 15) is 9.18 Å². The van der Waals surface area contributed by atoms with Crippen molar-refractivity contribution >= 4 is 24.0 Å². The smallest absolute Gasteiger partial charge is 0.273 e. The van der Waals surface area contributed by atoms with Crippen molar-refractivity contribution in [2.75, 3.05) is 25.0 Å². The van der Waals surface area contributed by atoms with Crippen LogP contribution in [0.5, 0.6) is 0 Å². The Bertz CT molecular complexity index is 922. The molecule has 1 atom stereocenters. The lowest BCUT2D eigenvalue weighted by molar-refractivity contribution is 0.0277. The normalized spacial score (nSPS) is 16.2. The van der Waals surface area contributed by atoms with Gasteiger partial charge in [-0.25, -0.2) is 4.39 Å². The van der Waals surface area contributed by atoms with E-state index in [1.165, 1.54) is 12.1 Å². The number of H-pyrrole nitrogens is 1. The number of hydrogen-bond acceptors (Lipinski definition) is 4. The molecule has 0 spiro atoms. The van der Waals surface area contributed by atoms with Crippen LogP contribution in [-0.2, 0) is 4.74 Å². The Kier molecular flexibility index (Phi) is 6.41. The van der Waals surface area contributed by atoms with Gasteiger partial charge in [-0.2, -0.15) is 5.10 Å². The summed E-state index contributed by atoms with van der Waals surface area (Å²) in [6.07, 6.45) is 0.0365. The predicted octanol–water partition coefficient (Wildman–Crippen LogP) is 3.55. The van der Waals surface area contributed by atoms with Crippen molar-refractivity contribution in [2.45, 2.75) is 6.10 Å². The molecule has 1 amide bonds. The first-order valence-electron chi connectivity index (χ1n) is 8.74. The number of halogens is 2. The minimum Gasteiger partial charge on any atom is -0.371 e. The topological polar surface area (TPSA) is 79.0 Å². The largest absolute Gasteiger partial charge is 0.371 e. The van der Waals surface area contributed by atoms with Gasteiger partial charge in [0, 0.05) is 24.3 Å². The summed E-state index contributed by atoms with van der Waals surface area (Å²) in [6.45, 7) is 2.35. The summed E-state index contributed by atoms with van der Waals surface area (Å²) in [5.41, 5.74) is 3.40. The van der Waals surface area contributed by atoms with Crippen molar-refractivity contribution in [3.63, 3.8) is 0 Å². The molecule has 1 saturated heterocycles. The Morgan fingerprint density at radius 3 is 2.57 bits per heavy atom. The summed E-state index contributed by atoms with van der Waals surface area (Å²) in [5.74, 6) is -0.607. The minimum atomic E-state index is -0.315. The number of ether oxygens (including phenoxy) is 1. The van der Waals surface area contributed by atoms with Gasteiger partial charge in [0.25, 0.3) is 5.91 Å². The minimum absolute atomic E-state index is 0. The highest BCUT2D eigenvalue weighted by Gasteiger charge is 2.16. The van der Waals surface area contributed by atoms with Crippen LogP contribution in [0.1, 0.15) is 22.2 Å². The number of hydrogen-bond donors (Lipinski definition) is 3. The lowest BCUT2D eigenvalue weighted by Crippen LogP contribution is -2.33. The molecule has 0 radical (unpaired) electrons. The predicted molar refractivity (Wildman–Crippen MR) is 107 cm³/mol. The molecule has 1 unspecified atom stereocenters. The third-order valence-electron chi connectivity index (χ3n) is 4.43. The van der Waals surface area contributed by atoms with Gasteiger partial charge in [-0.3, -0.25) is 9.89 Å². The number of carbonyl (C=O) groups excluding carboxylic acids is 1. The van der Waals surface area contributed by atoms with Gasteiger partial charge in [0.1, 0.15) is 11.5 Å². The molecule has 28 heavy (non-hydrogen) atoms. The van der Waals surface area contributed by atoms with Crippen LogP contribution in [0, 0.1) is 5.82 Å². The van der Waals surface area contributed by atoms with Gasteiger partial charge >= 0.3 is 0 Å². The Balaban J connectivity index is 0.00000225.